The van der Waals surface area contributed by atoms with Crippen LogP contribution in [0, 0.1) is 19.8 Å². The maximum Gasteiger partial charge on any atom is 0.254 e. The highest BCUT2D eigenvalue weighted by Gasteiger charge is 2.48. The van der Waals surface area contributed by atoms with Gasteiger partial charge in [-0.25, -0.2) is 4.98 Å². The molecule has 1 aliphatic carbocycles. The van der Waals surface area contributed by atoms with Crippen molar-refractivity contribution in [1.82, 2.24) is 20.2 Å². The molecule has 11 nitrogen and oxygen atoms in total. The van der Waals surface area contributed by atoms with Crippen molar-refractivity contribution in [2.45, 2.75) is 122 Å². The van der Waals surface area contributed by atoms with Crippen molar-refractivity contribution in [3.63, 3.8) is 0 Å². The number of thioether (sulfide) groups is 1. The van der Waals surface area contributed by atoms with Crippen LogP contribution in [0.3, 0.4) is 0 Å². The highest BCUT2D eigenvalue weighted by atomic mass is 32.2. The first kappa shape index (κ1) is 37.7. The number of benzene rings is 1. The van der Waals surface area contributed by atoms with Crippen molar-refractivity contribution in [2.75, 3.05) is 37.3 Å². The van der Waals surface area contributed by atoms with E-state index in [0.29, 0.717) is 40.3 Å². The minimum absolute atomic E-state index is 0.1000. The lowest BCUT2D eigenvalue weighted by Gasteiger charge is -2.47. The molecule has 1 saturated carbocycles. The van der Waals surface area contributed by atoms with E-state index in [-0.39, 0.29) is 42.2 Å². The zero-order chi connectivity index (χ0) is 37.6. The molecule has 2 N–H and O–H groups in total. The second-order valence-electron chi connectivity index (χ2n) is 15.8. The number of nitrogens with one attached hydrogen (secondary N) is 2. The molecule has 1 aromatic carbocycles. The largest absolute Gasteiger partial charge is 0.448 e. The molecule has 3 atom stereocenters. The molecule has 0 radical (unpaired) electrons. The average Bonchev–Trinajstić information content (AvgIpc) is 3.47. The third-order valence-corrected chi connectivity index (χ3v) is 12.1. The van der Waals surface area contributed by atoms with Gasteiger partial charge in [-0.05, 0) is 97.7 Å². The van der Waals surface area contributed by atoms with Gasteiger partial charge in [-0.1, -0.05) is 0 Å². The minimum Gasteiger partial charge on any atom is -0.448 e. The van der Waals surface area contributed by atoms with Gasteiger partial charge in [0.05, 0.1) is 24.4 Å². The number of hydrogen-bond donors (Lipinski definition) is 2. The van der Waals surface area contributed by atoms with Crippen LogP contribution in [0.1, 0.15) is 87.5 Å². The van der Waals surface area contributed by atoms with Crippen LogP contribution in [0.4, 0.5) is 5.82 Å². The van der Waals surface area contributed by atoms with Crippen molar-refractivity contribution < 1.29 is 23.7 Å². The van der Waals surface area contributed by atoms with E-state index in [0.717, 1.165) is 79.4 Å². The lowest BCUT2D eigenvalue weighted by atomic mass is 9.80. The van der Waals surface area contributed by atoms with Gasteiger partial charge in [-0.15, -0.1) is 11.8 Å². The van der Waals surface area contributed by atoms with Crippen molar-refractivity contribution in [3.8, 4) is 22.6 Å². The molecule has 3 aliphatic heterocycles. The minimum atomic E-state index is -0.879. The van der Waals surface area contributed by atoms with Crippen LogP contribution >= 0.6 is 11.8 Å². The summed E-state index contributed by atoms with van der Waals surface area (Å²) in [5.74, 6) is 1.13. The van der Waals surface area contributed by atoms with Gasteiger partial charge in [0, 0.05) is 96.2 Å². The molecule has 2 saturated heterocycles. The van der Waals surface area contributed by atoms with E-state index in [9.17, 15) is 9.59 Å². The van der Waals surface area contributed by atoms with Crippen LogP contribution in [0.2, 0.25) is 0 Å². The summed E-state index contributed by atoms with van der Waals surface area (Å²) in [5, 5.41) is 3.03. The maximum absolute atomic E-state index is 14.0. The fraction of sp³-hybridized carbons (Fsp3) is 0.585. The van der Waals surface area contributed by atoms with E-state index < -0.39 is 5.79 Å². The van der Waals surface area contributed by atoms with Crippen LogP contribution in [-0.2, 0) is 16.0 Å². The molecule has 3 fully saturated rings. The summed E-state index contributed by atoms with van der Waals surface area (Å²) < 4.78 is 25.7. The van der Waals surface area contributed by atoms with E-state index in [1.807, 2.05) is 57.5 Å². The third kappa shape index (κ3) is 7.83. The van der Waals surface area contributed by atoms with Crippen LogP contribution < -0.4 is 25.2 Å². The number of hydrogen-bond acceptors (Lipinski definition) is 10. The van der Waals surface area contributed by atoms with Gasteiger partial charge >= 0.3 is 0 Å². The number of carbonyl (C=O) groups is 1. The molecule has 7 rings (SSSR count). The van der Waals surface area contributed by atoms with Gasteiger partial charge in [-0.2, -0.15) is 0 Å². The normalized spacial score (nSPS) is 26.2. The summed E-state index contributed by atoms with van der Waals surface area (Å²) in [4.78, 5) is 40.3. The SMILES string of the molecule is CSc1cc(C)[nH]c(=O)c1CNC(=O)c1cc(-c2ccc(N3CC(C)OC(C)C3)nc2)c2c(c1C)OC(C)(C1CCC(N3CC(OC(C)C)C3)CC1)O2. The van der Waals surface area contributed by atoms with E-state index in [1.165, 1.54) is 11.8 Å². The highest BCUT2D eigenvalue weighted by molar-refractivity contribution is 7.98. The third-order valence-electron chi connectivity index (χ3n) is 11.3. The molecule has 1 amide bonds. The van der Waals surface area contributed by atoms with E-state index in [1.54, 1.807) is 0 Å². The first-order valence-corrected chi connectivity index (χ1v) is 20.4. The molecular formula is C41H55N5O6S. The molecule has 12 heteroatoms. The van der Waals surface area contributed by atoms with Crippen molar-refractivity contribution in [2.24, 2.45) is 5.92 Å². The predicted octanol–water partition coefficient (Wildman–Crippen LogP) is 6.47. The smallest absolute Gasteiger partial charge is 0.254 e. The van der Waals surface area contributed by atoms with Gasteiger partial charge in [-0.3, -0.25) is 14.5 Å². The number of likely N-dealkylation sites (tertiary alicyclic amines) is 1. The summed E-state index contributed by atoms with van der Waals surface area (Å²) in [6.07, 6.45) is 8.74. The maximum atomic E-state index is 14.0. The number of amides is 1. The summed E-state index contributed by atoms with van der Waals surface area (Å²) >= 11 is 1.49. The Morgan fingerprint density at radius 2 is 1.75 bits per heavy atom. The van der Waals surface area contributed by atoms with Crippen LogP contribution in [0.5, 0.6) is 11.5 Å². The monoisotopic (exact) mass is 745 g/mol. The molecule has 5 heterocycles. The number of rotatable bonds is 10. The van der Waals surface area contributed by atoms with Crippen molar-refractivity contribution in [3.05, 3.63) is 63.2 Å². The Bertz CT molecular complexity index is 1860. The average molecular weight is 746 g/mol. The van der Waals surface area contributed by atoms with E-state index in [2.05, 4.69) is 47.8 Å². The number of fused-ring (bicyclic) bond motifs is 1. The predicted molar refractivity (Wildman–Crippen MR) is 208 cm³/mol. The van der Waals surface area contributed by atoms with Crippen molar-refractivity contribution in [1.29, 1.82) is 0 Å². The number of anilines is 1. The molecular weight excluding hydrogens is 691 g/mol. The van der Waals surface area contributed by atoms with Gasteiger partial charge in [0.15, 0.2) is 11.5 Å². The number of nitrogens with zero attached hydrogens (tertiary/aromatic N) is 3. The van der Waals surface area contributed by atoms with Crippen LogP contribution in [-0.4, -0.2) is 89.5 Å². The first-order valence-electron chi connectivity index (χ1n) is 19.2. The summed E-state index contributed by atoms with van der Waals surface area (Å²) in [7, 11) is 0. The second kappa shape index (κ2) is 15.3. The van der Waals surface area contributed by atoms with Crippen LogP contribution in [0.15, 0.2) is 40.2 Å². The molecule has 2 aromatic heterocycles. The van der Waals surface area contributed by atoms with Crippen LogP contribution in [0.25, 0.3) is 11.1 Å². The number of carbonyl (C=O) groups excluding carboxylic acids is 1. The zero-order valence-corrected chi connectivity index (χ0v) is 33.2. The summed E-state index contributed by atoms with van der Waals surface area (Å²) in [6, 6.07) is 8.45. The quantitative estimate of drug-likeness (QED) is 0.224. The second-order valence-corrected chi connectivity index (χ2v) is 16.7. The highest BCUT2D eigenvalue weighted by Crippen LogP contribution is 2.53. The number of pyridine rings is 2. The lowest BCUT2D eigenvalue weighted by molar-refractivity contribution is -0.135. The Morgan fingerprint density at radius 1 is 1.06 bits per heavy atom. The Balaban J connectivity index is 1.15. The Kier molecular flexibility index (Phi) is 10.9. The van der Waals surface area contributed by atoms with Gasteiger partial charge in [0.25, 0.3) is 17.3 Å². The fourth-order valence-corrected chi connectivity index (χ4v) is 9.31. The molecule has 3 aromatic rings. The molecule has 4 aliphatic rings. The van der Waals surface area contributed by atoms with E-state index in [4.69, 9.17) is 23.9 Å². The van der Waals surface area contributed by atoms with Crippen molar-refractivity contribution >= 4 is 23.5 Å². The molecule has 0 bridgehead atoms. The number of aromatic amines is 1. The zero-order valence-electron chi connectivity index (χ0n) is 32.4. The van der Waals surface area contributed by atoms with Gasteiger partial charge < -0.3 is 34.1 Å². The number of H-pyrrole nitrogens is 1. The number of aromatic nitrogens is 2. The molecule has 3 unspecified atom stereocenters. The molecule has 53 heavy (non-hydrogen) atoms. The Labute approximate surface area is 317 Å². The Hall–Kier alpha value is -3.58. The fourth-order valence-electron chi connectivity index (χ4n) is 8.60. The first-order chi connectivity index (χ1) is 25.3. The van der Waals surface area contributed by atoms with Gasteiger partial charge in [0.2, 0.25) is 0 Å². The standard InChI is InChI=1S/C41H55N5O6S/c1-23(2)49-31-21-45(22-31)30-12-10-29(11-13-30)41(7)51-37-27(6)32(39(47)43-18-34-35(53-8)15-24(3)44-40(34)48)16-33(38(37)52-41)28-9-14-36(42-17-28)46-19-25(4)50-26(5)20-46/h9,14-17,23,25-26,29-31H,10-13,18-22H2,1-8H3,(H,43,47)(H,44,48). The Morgan fingerprint density at radius 3 is 2.40 bits per heavy atom. The summed E-state index contributed by atoms with van der Waals surface area (Å²) in [5.41, 5.74) is 3.89. The molecule has 286 valence electrons. The lowest BCUT2D eigenvalue weighted by Crippen LogP contribution is -2.58. The number of aryl methyl sites for hydroxylation is 1. The number of ether oxygens (including phenoxy) is 4. The van der Waals surface area contributed by atoms with E-state index >= 15 is 0 Å². The molecule has 0 spiro atoms. The topological polar surface area (TPSA) is 118 Å². The van der Waals surface area contributed by atoms with Gasteiger partial charge in [0.1, 0.15) is 5.82 Å². The summed E-state index contributed by atoms with van der Waals surface area (Å²) in [6.45, 7) is 17.8. The number of morpholine rings is 1.